The average molecular weight is 228 g/mol. The molecule has 0 aliphatic carbocycles. The van der Waals surface area contributed by atoms with Crippen LogP contribution in [-0.2, 0) is 7.05 Å². The van der Waals surface area contributed by atoms with E-state index in [-0.39, 0.29) is 0 Å². The van der Waals surface area contributed by atoms with Gasteiger partial charge in [-0.3, -0.25) is 4.68 Å². The highest BCUT2D eigenvalue weighted by Crippen LogP contribution is 2.33. The van der Waals surface area contributed by atoms with Crippen molar-refractivity contribution < 1.29 is 0 Å². The molecule has 16 heavy (non-hydrogen) atoms. The minimum atomic E-state index is 1.06. The standard InChI is InChI=1S/C13H12N2S/c1-9-7-12(15(2)14-9)11-8-16-13-6-4-3-5-10(11)13/h3-8H,1-2H3. The van der Waals surface area contributed by atoms with Crippen LogP contribution in [0.25, 0.3) is 21.3 Å². The molecule has 0 saturated heterocycles. The number of hydrogen-bond donors (Lipinski definition) is 0. The summed E-state index contributed by atoms with van der Waals surface area (Å²) in [6.07, 6.45) is 0. The Balaban J connectivity index is 2.30. The van der Waals surface area contributed by atoms with Crippen LogP contribution in [0.15, 0.2) is 35.7 Å². The van der Waals surface area contributed by atoms with Crippen molar-refractivity contribution in [1.29, 1.82) is 0 Å². The lowest BCUT2D eigenvalue weighted by Crippen LogP contribution is -1.92. The molecule has 2 heterocycles. The van der Waals surface area contributed by atoms with Crippen molar-refractivity contribution in [1.82, 2.24) is 9.78 Å². The van der Waals surface area contributed by atoms with E-state index in [2.05, 4.69) is 40.8 Å². The lowest BCUT2D eigenvalue weighted by molar-refractivity contribution is 0.765. The second kappa shape index (κ2) is 3.46. The number of hydrogen-bond acceptors (Lipinski definition) is 2. The molecule has 80 valence electrons. The van der Waals surface area contributed by atoms with E-state index in [0.717, 1.165) is 5.69 Å². The van der Waals surface area contributed by atoms with Crippen molar-refractivity contribution >= 4 is 21.4 Å². The molecule has 0 amide bonds. The van der Waals surface area contributed by atoms with Crippen molar-refractivity contribution in [2.24, 2.45) is 7.05 Å². The molecule has 0 saturated carbocycles. The number of fused-ring (bicyclic) bond motifs is 1. The normalized spacial score (nSPS) is 11.1. The second-order valence-electron chi connectivity index (χ2n) is 3.94. The van der Waals surface area contributed by atoms with E-state index in [1.54, 1.807) is 11.3 Å². The molecule has 0 atom stereocenters. The number of thiophene rings is 1. The summed E-state index contributed by atoms with van der Waals surface area (Å²) in [7, 11) is 1.99. The van der Waals surface area contributed by atoms with Crippen LogP contribution in [0.4, 0.5) is 0 Å². The van der Waals surface area contributed by atoms with E-state index in [1.165, 1.54) is 21.3 Å². The maximum absolute atomic E-state index is 4.40. The molecule has 3 rings (SSSR count). The maximum atomic E-state index is 4.40. The van der Waals surface area contributed by atoms with Crippen molar-refractivity contribution in [3.8, 4) is 11.3 Å². The van der Waals surface area contributed by atoms with Crippen molar-refractivity contribution in [2.45, 2.75) is 6.92 Å². The highest BCUT2D eigenvalue weighted by molar-refractivity contribution is 7.17. The summed E-state index contributed by atoms with van der Waals surface area (Å²) in [5, 5.41) is 7.92. The minimum absolute atomic E-state index is 1.06. The van der Waals surface area contributed by atoms with Crippen LogP contribution in [0.3, 0.4) is 0 Å². The van der Waals surface area contributed by atoms with Crippen LogP contribution in [0.5, 0.6) is 0 Å². The van der Waals surface area contributed by atoms with Crippen LogP contribution in [0, 0.1) is 6.92 Å². The first-order chi connectivity index (χ1) is 7.75. The lowest BCUT2D eigenvalue weighted by atomic mass is 10.1. The van der Waals surface area contributed by atoms with Crippen molar-refractivity contribution in [3.63, 3.8) is 0 Å². The molecule has 2 aromatic heterocycles. The Morgan fingerprint density at radius 2 is 2.06 bits per heavy atom. The molecule has 0 fully saturated rings. The summed E-state index contributed by atoms with van der Waals surface area (Å²) >= 11 is 1.79. The summed E-state index contributed by atoms with van der Waals surface area (Å²) in [5.41, 5.74) is 3.53. The van der Waals surface area contributed by atoms with Crippen LogP contribution < -0.4 is 0 Å². The third-order valence-electron chi connectivity index (χ3n) is 2.76. The highest BCUT2D eigenvalue weighted by atomic mass is 32.1. The molecule has 0 N–H and O–H groups in total. The fourth-order valence-corrected chi connectivity index (χ4v) is 2.99. The maximum Gasteiger partial charge on any atom is 0.0696 e. The minimum Gasteiger partial charge on any atom is -0.268 e. The number of rotatable bonds is 1. The number of benzene rings is 1. The SMILES string of the molecule is Cc1cc(-c2csc3ccccc23)n(C)n1. The summed E-state index contributed by atoms with van der Waals surface area (Å²) in [6, 6.07) is 10.6. The first-order valence-electron chi connectivity index (χ1n) is 5.23. The summed E-state index contributed by atoms with van der Waals surface area (Å²) in [6.45, 7) is 2.03. The first kappa shape index (κ1) is 9.60. The van der Waals surface area contributed by atoms with Gasteiger partial charge in [-0.15, -0.1) is 11.3 Å². The molecule has 1 aromatic carbocycles. The Labute approximate surface area is 98.1 Å². The Bertz CT molecular complexity index is 649. The van der Waals surface area contributed by atoms with E-state index in [1.807, 2.05) is 18.7 Å². The molecule has 3 aromatic rings. The van der Waals surface area contributed by atoms with Gasteiger partial charge in [-0.2, -0.15) is 5.10 Å². The highest BCUT2D eigenvalue weighted by Gasteiger charge is 2.10. The smallest absolute Gasteiger partial charge is 0.0696 e. The molecule has 0 unspecified atom stereocenters. The van der Waals surface area contributed by atoms with Crippen molar-refractivity contribution in [2.75, 3.05) is 0 Å². The predicted octanol–water partition coefficient (Wildman–Crippen LogP) is 3.61. The third-order valence-corrected chi connectivity index (χ3v) is 3.72. The Hall–Kier alpha value is -1.61. The van der Waals surface area contributed by atoms with Crippen LogP contribution >= 0.6 is 11.3 Å². The van der Waals surface area contributed by atoms with Gasteiger partial charge in [-0.1, -0.05) is 18.2 Å². The second-order valence-corrected chi connectivity index (χ2v) is 4.85. The fourth-order valence-electron chi connectivity index (χ4n) is 2.04. The zero-order valence-corrected chi connectivity index (χ0v) is 10.1. The molecule has 0 aliphatic heterocycles. The van der Waals surface area contributed by atoms with Gasteiger partial charge < -0.3 is 0 Å². The number of nitrogens with zero attached hydrogens (tertiary/aromatic N) is 2. The molecular weight excluding hydrogens is 216 g/mol. The van der Waals surface area contributed by atoms with Crippen LogP contribution in [0.2, 0.25) is 0 Å². The van der Waals surface area contributed by atoms with Gasteiger partial charge in [0.05, 0.1) is 11.4 Å². The van der Waals surface area contributed by atoms with Gasteiger partial charge in [-0.05, 0) is 19.1 Å². The zero-order valence-electron chi connectivity index (χ0n) is 9.27. The number of aromatic nitrogens is 2. The Morgan fingerprint density at radius 3 is 2.81 bits per heavy atom. The predicted molar refractivity (Wildman–Crippen MR) is 68.8 cm³/mol. The third kappa shape index (κ3) is 1.36. The lowest BCUT2D eigenvalue weighted by Gasteiger charge is -1.99. The Morgan fingerprint density at radius 1 is 1.25 bits per heavy atom. The summed E-state index contributed by atoms with van der Waals surface area (Å²) in [4.78, 5) is 0. The topological polar surface area (TPSA) is 17.8 Å². The van der Waals surface area contributed by atoms with E-state index in [4.69, 9.17) is 0 Å². The Kier molecular flexibility index (Phi) is 2.07. The van der Waals surface area contributed by atoms with Gasteiger partial charge in [0.2, 0.25) is 0 Å². The fraction of sp³-hybridized carbons (Fsp3) is 0.154. The first-order valence-corrected chi connectivity index (χ1v) is 6.11. The monoisotopic (exact) mass is 228 g/mol. The van der Waals surface area contributed by atoms with E-state index in [9.17, 15) is 0 Å². The van der Waals surface area contributed by atoms with Gasteiger partial charge in [0, 0.05) is 28.1 Å². The molecule has 0 aliphatic rings. The van der Waals surface area contributed by atoms with Gasteiger partial charge in [-0.25, -0.2) is 0 Å². The van der Waals surface area contributed by atoms with E-state index < -0.39 is 0 Å². The largest absolute Gasteiger partial charge is 0.268 e. The zero-order chi connectivity index (χ0) is 11.1. The van der Waals surface area contributed by atoms with Gasteiger partial charge >= 0.3 is 0 Å². The van der Waals surface area contributed by atoms with Crippen LogP contribution in [0.1, 0.15) is 5.69 Å². The van der Waals surface area contributed by atoms with Gasteiger partial charge in [0.15, 0.2) is 0 Å². The number of aryl methyl sites for hydroxylation is 2. The molecule has 0 bridgehead atoms. The molecule has 0 spiro atoms. The summed E-state index contributed by atoms with van der Waals surface area (Å²) < 4.78 is 3.28. The van der Waals surface area contributed by atoms with Gasteiger partial charge in [0.1, 0.15) is 0 Å². The van der Waals surface area contributed by atoms with Crippen LogP contribution in [-0.4, -0.2) is 9.78 Å². The quantitative estimate of drug-likeness (QED) is 0.622. The van der Waals surface area contributed by atoms with Gasteiger partial charge in [0.25, 0.3) is 0 Å². The molecule has 2 nitrogen and oxygen atoms in total. The molecule has 3 heteroatoms. The average Bonchev–Trinajstić information content (AvgIpc) is 2.81. The molecular formula is C13H12N2S. The molecule has 0 radical (unpaired) electrons. The summed E-state index contributed by atoms with van der Waals surface area (Å²) in [5.74, 6) is 0. The van der Waals surface area contributed by atoms with Crippen molar-refractivity contribution in [3.05, 3.63) is 41.4 Å². The van der Waals surface area contributed by atoms with E-state index in [0.29, 0.717) is 0 Å². The van der Waals surface area contributed by atoms with E-state index >= 15 is 0 Å².